The molecule has 1 fully saturated rings. The first-order chi connectivity index (χ1) is 11.8. The number of nitrogens with one attached hydrogen (secondary N) is 1. The smallest absolute Gasteiger partial charge is 0.122 e. The third kappa shape index (κ3) is 3.35. The van der Waals surface area contributed by atoms with E-state index in [9.17, 15) is 0 Å². The second-order valence-corrected chi connectivity index (χ2v) is 6.88. The molecule has 1 N–H and O–H groups in total. The number of nitrogens with zero attached hydrogens (tertiary/aromatic N) is 1. The second-order valence-electron chi connectivity index (χ2n) is 6.88. The van der Waals surface area contributed by atoms with Gasteiger partial charge in [-0.2, -0.15) is 0 Å². The van der Waals surface area contributed by atoms with Crippen LogP contribution in [0.5, 0.6) is 5.75 Å². The van der Waals surface area contributed by atoms with Gasteiger partial charge in [0.05, 0.1) is 12.6 Å². The van der Waals surface area contributed by atoms with E-state index in [1.165, 1.54) is 37.1 Å². The summed E-state index contributed by atoms with van der Waals surface area (Å²) in [4.78, 5) is 2.54. The summed E-state index contributed by atoms with van der Waals surface area (Å²) in [6.07, 6.45) is 3.62. The van der Waals surface area contributed by atoms with Gasteiger partial charge in [-0.05, 0) is 62.2 Å². The van der Waals surface area contributed by atoms with Crippen LogP contribution in [0, 0.1) is 6.92 Å². The Morgan fingerprint density at radius 2 is 2.04 bits per heavy atom. The second kappa shape index (κ2) is 6.99. The number of hydrogen-bond donors (Lipinski definition) is 1. The quantitative estimate of drug-likeness (QED) is 0.882. The number of fused-ring (bicyclic) bond motifs is 1. The minimum atomic E-state index is 0.332. The fraction of sp³-hybridized carbons (Fsp3) is 0.500. The van der Waals surface area contributed by atoms with Gasteiger partial charge in [0.25, 0.3) is 0 Å². The molecule has 0 saturated carbocycles. The van der Waals surface area contributed by atoms with Crippen LogP contribution in [0.25, 0.3) is 0 Å². The molecule has 0 radical (unpaired) electrons. The fourth-order valence-electron chi connectivity index (χ4n) is 3.80. The number of benzene rings is 1. The van der Waals surface area contributed by atoms with Crippen molar-refractivity contribution in [3.8, 4) is 5.75 Å². The van der Waals surface area contributed by atoms with Crippen molar-refractivity contribution in [3.05, 3.63) is 53.0 Å². The first-order valence-corrected chi connectivity index (χ1v) is 9.05. The molecule has 3 heterocycles. The summed E-state index contributed by atoms with van der Waals surface area (Å²) in [6, 6.07) is 11.1. The number of furan rings is 1. The van der Waals surface area contributed by atoms with Crippen molar-refractivity contribution >= 4 is 0 Å². The molecule has 0 bridgehead atoms. The molecule has 4 heteroatoms. The highest BCUT2D eigenvalue weighted by Crippen LogP contribution is 2.27. The lowest BCUT2D eigenvalue weighted by Crippen LogP contribution is -2.33. The topological polar surface area (TPSA) is 37.6 Å². The SMILES string of the molecule is Cc1ccc(C(CNCc2ccc3c(c2)CCO3)N2CCCC2)o1. The first-order valence-electron chi connectivity index (χ1n) is 9.05. The Morgan fingerprint density at radius 3 is 2.83 bits per heavy atom. The molecule has 1 unspecified atom stereocenters. The van der Waals surface area contributed by atoms with Crippen molar-refractivity contribution in [2.75, 3.05) is 26.2 Å². The van der Waals surface area contributed by atoms with E-state index in [-0.39, 0.29) is 0 Å². The number of likely N-dealkylation sites (tertiary alicyclic amines) is 1. The van der Waals surface area contributed by atoms with E-state index in [4.69, 9.17) is 9.15 Å². The van der Waals surface area contributed by atoms with Gasteiger partial charge in [-0.3, -0.25) is 4.90 Å². The molecule has 2 aromatic rings. The lowest BCUT2D eigenvalue weighted by molar-refractivity contribution is 0.207. The zero-order chi connectivity index (χ0) is 16.4. The molecular formula is C20H26N2O2. The van der Waals surface area contributed by atoms with Gasteiger partial charge >= 0.3 is 0 Å². The lowest BCUT2D eigenvalue weighted by atomic mass is 10.1. The Kier molecular flexibility index (Phi) is 4.58. The van der Waals surface area contributed by atoms with Crippen LogP contribution in [0.2, 0.25) is 0 Å². The van der Waals surface area contributed by atoms with Crippen LogP contribution < -0.4 is 10.1 Å². The molecule has 0 amide bonds. The molecule has 1 atom stereocenters. The van der Waals surface area contributed by atoms with Crippen molar-refractivity contribution < 1.29 is 9.15 Å². The van der Waals surface area contributed by atoms with Crippen LogP contribution in [0.15, 0.2) is 34.7 Å². The zero-order valence-electron chi connectivity index (χ0n) is 14.4. The third-order valence-electron chi connectivity index (χ3n) is 5.09. The number of aryl methyl sites for hydroxylation is 1. The first kappa shape index (κ1) is 15.7. The zero-order valence-corrected chi connectivity index (χ0v) is 14.4. The van der Waals surface area contributed by atoms with Gasteiger partial charge < -0.3 is 14.5 Å². The molecular weight excluding hydrogens is 300 g/mol. The predicted molar refractivity (Wildman–Crippen MR) is 94.3 cm³/mol. The molecule has 4 rings (SSSR count). The van der Waals surface area contributed by atoms with Crippen LogP contribution in [0.4, 0.5) is 0 Å². The van der Waals surface area contributed by atoms with Crippen LogP contribution in [-0.2, 0) is 13.0 Å². The monoisotopic (exact) mass is 326 g/mol. The van der Waals surface area contributed by atoms with Gasteiger partial charge in [0.15, 0.2) is 0 Å². The van der Waals surface area contributed by atoms with E-state index < -0.39 is 0 Å². The van der Waals surface area contributed by atoms with Crippen LogP contribution in [-0.4, -0.2) is 31.1 Å². The molecule has 1 aromatic heterocycles. The van der Waals surface area contributed by atoms with E-state index >= 15 is 0 Å². The van der Waals surface area contributed by atoms with Crippen molar-refractivity contribution in [2.45, 2.75) is 38.8 Å². The maximum absolute atomic E-state index is 5.92. The van der Waals surface area contributed by atoms with Gasteiger partial charge in [0, 0.05) is 19.5 Å². The number of rotatable bonds is 6. The Bertz CT molecular complexity index is 689. The Hall–Kier alpha value is -1.78. The molecule has 2 aliphatic heterocycles. The molecule has 2 aliphatic rings. The maximum atomic E-state index is 5.92. The fourth-order valence-corrected chi connectivity index (χ4v) is 3.80. The predicted octanol–water partition coefficient (Wildman–Crippen LogP) is 3.45. The van der Waals surface area contributed by atoms with Gasteiger partial charge in [-0.15, -0.1) is 0 Å². The largest absolute Gasteiger partial charge is 0.493 e. The number of hydrogen-bond acceptors (Lipinski definition) is 4. The van der Waals surface area contributed by atoms with Crippen molar-refractivity contribution in [2.24, 2.45) is 0 Å². The Labute approximate surface area is 143 Å². The molecule has 1 saturated heterocycles. The highest BCUT2D eigenvalue weighted by molar-refractivity contribution is 5.39. The van der Waals surface area contributed by atoms with Gasteiger partial charge in [-0.25, -0.2) is 0 Å². The summed E-state index contributed by atoms with van der Waals surface area (Å²) in [5.41, 5.74) is 2.67. The molecule has 1 aromatic carbocycles. The molecule has 128 valence electrons. The van der Waals surface area contributed by atoms with E-state index in [2.05, 4.69) is 40.5 Å². The lowest BCUT2D eigenvalue weighted by Gasteiger charge is -2.26. The minimum absolute atomic E-state index is 0.332. The maximum Gasteiger partial charge on any atom is 0.122 e. The van der Waals surface area contributed by atoms with Crippen LogP contribution in [0.1, 0.15) is 41.5 Å². The average Bonchev–Trinajstić information content (AvgIpc) is 3.33. The van der Waals surface area contributed by atoms with Crippen molar-refractivity contribution in [1.29, 1.82) is 0 Å². The summed E-state index contributed by atoms with van der Waals surface area (Å²) >= 11 is 0. The van der Waals surface area contributed by atoms with Crippen molar-refractivity contribution in [3.63, 3.8) is 0 Å². The Morgan fingerprint density at radius 1 is 1.17 bits per heavy atom. The normalized spacial score (nSPS) is 18.5. The summed E-state index contributed by atoms with van der Waals surface area (Å²) in [6.45, 7) is 6.98. The van der Waals surface area contributed by atoms with Gasteiger partial charge in [0.2, 0.25) is 0 Å². The van der Waals surface area contributed by atoms with Crippen molar-refractivity contribution in [1.82, 2.24) is 10.2 Å². The van der Waals surface area contributed by atoms with E-state index in [1.54, 1.807) is 0 Å². The number of ether oxygens (including phenoxy) is 1. The molecule has 4 nitrogen and oxygen atoms in total. The Balaban J connectivity index is 1.39. The summed E-state index contributed by atoms with van der Waals surface area (Å²) < 4.78 is 11.5. The standard InChI is InChI=1S/C20H26N2O2/c1-15-4-6-20(24-15)18(22-9-2-3-10-22)14-21-13-16-5-7-19-17(12-16)8-11-23-19/h4-7,12,18,21H,2-3,8-11,13-14H2,1H3. The average molecular weight is 326 g/mol. The molecule has 24 heavy (non-hydrogen) atoms. The summed E-state index contributed by atoms with van der Waals surface area (Å²) in [5, 5.41) is 3.64. The van der Waals surface area contributed by atoms with E-state index in [0.717, 1.165) is 43.4 Å². The minimum Gasteiger partial charge on any atom is -0.493 e. The molecule has 0 spiro atoms. The van der Waals surface area contributed by atoms with E-state index in [0.29, 0.717) is 6.04 Å². The van der Waals surface area contributed by atoms with Gasteiger partial charge in [0.1, 0.15) is 17.3 Å². The highest BCUT2D eigenvalue weighted by atomic mass is 16.5. The highest BCUT2D eigenvalue weighted by Gasteiger charge is 2.25. The third-order valence-corrected chi connectivity index (χ3v) is 5.09. The summed E-state index contributed by atoms with van der Waals surface area (Å²) in [5.74, 6) is 3.14. The van der Waals surface area contributed by atoms with Crippen LogP contribution in [0.3, 0.4) is 0 Å². The van der Waals surface area contributed by atoms with Crippen LogP contribution >= 0.6 is 0 Å². The van der Waals surface area contributed by atoms with Gasteiger partial charge in [-0.1, -0.05) is 12.1 Å². The molecule has 0 aliphatic carbocycles. The summed E-state index contributed by atoms with van der Waals surface area (Å²) in [7, 11) is 0. The van der Waals surface area contributed by atoms with E-state index in [1.807, 2.05) is 6.92 Å².